The lowest BCUT2D eigenvalue weighted by atomic mass is 10.1. The maximum atomic E-state index is 12.3. The zero-order valence-electron chi connectivity index (χ0n) is 12.3. The molecule has 112 valence electrons. The summed E-state index contributed by atoms with van der Waals surface area (Å²) in [6.45, 7) is 6.55. The van der Waals surface area contributed by atoms with Gasteiger partial charge in [-0.05, 0) is 33.6 Å². The van der Waals surface area contributed by atoms with Crippen molar-refractivity contribution >= 4 is 16.1 Å². The van der Waals surface area contributed by atoms with Gasteiger partial charge in [-0.25, -0.2) is 0 Å². The van der Waals surface area contributed by atoms with E-state index in [1.807, 2.05) is 20.8 Å². The number of hydrogen-bond acceptors (Lipinski definition) is 3. The molecule has 0 aromatic rings. The lowest BCUT2D eigenvalue weighted by molar-refractivity contribution is -0.122. The van der Waals surface area contributed by atoms with Crippen molar-refractivity contribution in [2.45, 2.75) is 45.6 Å². The molecule has 0 aromatic heterocycles. The van der Waals surface area contributed by atoms with Gasteiger partial charge in [-0.1, -0.05) is 6.42 Å². The monoisotopic (exact) mass is 291 g/mol. The van der Waals surface area contributed by atoms with Crippen LogP contribution >= 0.6 is 0 Å². The lowest BCUT2D eigenvalue weighted by Gasteiger charge is -2.30. The van der Waals surface area contributed by atoms with Gasteiger partial charge in [0.25, 0.3) is 10.2 Å². The number of rotatable bonds is 4. The third-order valence-corrected chi connectivity index (χ3v) is 4.85. The molecular formula is C12H25N3O3S. The van der Waals surface area contributed by atoms with Crippen LogP contribution in [0.4, 0.5) is 0 Å². The minimum absolute atomic E-state index is 0.143. The molecule has 1 saturated heterocycles. The Morgan fingerprint density at radius 2 is 1.74 bits per heavy atom. The largest absolute Gasteiger partial charge is 0.350 e. The van der Waals surface area contributed by atoms with Crippen LogP contribution in [0.3, 0.4) is 0 Å². The molecule has 0 bridgehead atoms. The summed E-state index contributed by atoms with van der Waals surface area (Å²) in [6, 6.07) is 0. The summed E-state index contributed by atoms with van der Waals surface area (Å²) in [5.74, 6) is -0.282. The van der Waals surface area contributed by atoms with E-state index < -0.39 is 10.2 Å². The quantitative estimate of drug-likeness (QED) is 0.823. The number of likely N-dealkylation sites (N-methyl/N-ethyl adjacent to an activating group) is 1. The third kappa shape index (κ3) is 5.08. The van der Waals surface area contributed by atoms with Gasteiger partial charge in [-0.2, -0.15) is 17.0 Å². The smallest absolute Gasteiger partial charge is 0.282 e. The van der Waals surface area contributed by atoms with Crippen molar-refractivity contribution in [1.82, 2.24) is 13.9 Å². The van der Waals surface area contributed by atoms with Gasteiger partial charge in [0.1, 0.15) is 0 Å². The molecule has 1 N–H and O–H groups in total. The molecule has 0 aromatic carbocycles. The number of carbonyl (C=O) groups excluding carboxylic acids is 1. The van der Waals surface area contributed by atoms with E-state index in [1.54, 1.807) is 0 Å². The minimum atomic E-state index is -3.51. The normalized spacial score (nSPS) is 18.6. The van der Waals surface area contributed by atoms with Gasteiger partial charge in [0, 0.05) is 25.7 Å². The van der Waals surface area contributed by atoms with Crippen LogP contribution in [-0.2, 0) is 15.0 Å². The summed E-state index contributed by atoms with van der Waals surface area (Å²) >= 11 is 0. The van der Waals surface area contributed by atoms with Gasteiger partial charge in [0.2, 0.25) is 5.91 Å². The molecule has 19 heavy (non-hydrogen) atoms. The van der Waals surface area contributed by atoms with Crippen LogP contribution in [0.1, 0.15) is 40.0 Å². The first-order chi connectivity index (χ1) is 8.63. The fourth-order valence-corrected chi connectivity index (χ4v) is 3.43. The fourth-order valence-electron chi connectivity index (χ4n) is 2.03. The van der Waals surface area contributed by atoms with Crippen molar-refractivity contribution < 1.29 is 13.2 Å². The first-order valence-corrected chi connectivity index (χ1v) is 8.05. The summed E-state index contributed by atoms with van der Waals surface area (Å²) in [5, 5.41) is 2.76. The van der Waals surface area contributed by atoms with Gasteiger partial charge in [-0.15, -0.1) is 0 Å². The molecular weight excluding hydrogens is 266 g/mol. The number of hydrogen-bond donors (Lipinski definition) is 1. The van der Waals surface area contributed by atoms with Crippen molar-refractivity contribution in [3.63, 3.8) is 0 Å². The summed E-state index contributed by atoms with van der Waals surface area (Å²) in [7, 11) is -2.06. The van der Waals surface area contributed by atoms with Crippen LogP contribution in [0, 0.1) is 0 Å². The number of carbonyl (C=O) groups is 1. The van der Waals surface area contributed by atoms with Gasteiger partial charge in [0.05, 0.1) is 6.54 Å². The SMILES string of the molecule is CN(CC(=O)NC(C)(C)C)S(=O)(=O)N1CCCCC1. The lowest BCUT2D eigenvalue weighted by Crippen LogP contribution is -2.50. The van der Waals surface area contributed by atoms with E-state index >= 15 is 0 Å². The van der Waals surface area contributed by atoms with Crippen molar-refractivity contribution in [2.75, 3.05) is 26.7 Å². The summed E-state index contributed by atoms with van der Waals surface area (Å²) < 4.78 is 27.1. The highest BCUT2D eigenvalue weighted by molar-refractivity contribution is 7.86. The topological polar surface area (TPSA) is 69.7 Å². The van der Waals surface area contributed by atoms with Crippen LogP contribution in [0.25, 0.3) is 0 Å². The highest BCUT2D eigenvalue weighted by atomic mass is 32.2. The van der Waals surface area contributed by atoms with Crippen molar-refractivity contribution in [3.05, 3.63) is 0 Å². The Hall–Kier alpha value is -0.660. The average Bonchev–Trinajstić information content (AvgIpc) is 2.27. The Balaban J connectivity index is 2.60. The number of piperidine rings is 1. The van der Waals surface area contributed by atoms with Gasteiger partial charge in [-0.3, -0.25) is 4.79 Å². The van der Waals surface area contributed by atoms with Gasteiger partial charge < -0.3 is 5.32 Å². The molecule has 0 radical (unpaired) electrons. The fraction of sp³-hybridized carbons (Fsp3) is 0.917. The molecule has 1 aliphatic heterocycles. The number of nitrogens with zero attached hydrogens (tertiary/aromatic N) is 2. The molecule has 1 amide bonds. The third-order valence-electron chi connectivity index (χ3n) is 2.92. The van der Waals surface area contributed by atoms with E-state index in [1.165, 1.54) is 11.4 Å². The molecule has 7 heteroatoms. The maximum Gasteiger partial charge on any atom is 0.282 e. The first-order valence-electron chi connectivity index (χ1n) is 6.65. The highest BCUT2D eigenvalue weighted by Crippen LogP contribution is 2.15. The van der Waals surface area contributed by atoms with Crippen molar-refractivity contribution in [2.24, 2.45) is 0 Å². The summed E-state index contributed by atoms with van der Waals surface area (Å²) in [4.78, 5) is 11.8. The Kier molecular flexibility index (Phi) is 5.34. The average molecular weight is 291 g/mol. The molecule has 1 aliphatic rings. The van der Waals surface area contributed by atoms with Crippen molar-refractivity contribution in [1.29, 1.82) is 0 Å². The molecule has 0 saturated carbocycles. The Labute approximate surface area is 116 Å². The molecule has 6 nitrogen and oxygen atoms in total. The van der Waals surface area contributed by atoms with Gasteiger partial charge >= 0.3 is 0 Å². The van der Waals surface area contributed by atoms with E-state index in [9.17, 15) is 13.2 Å². The van der Waals surface area contributed by atoms with Gasteiger partial charge in [0.15, 0.2) is 0 Å². The zero-order chi connectivity index (χ0) is 14.7. The second-order valence-electron chi connectivity index (χ2n) is 6.02. The molecule has 0 unspecified atom stereocenters. The molecule has 1 rings (SSSR count). The van der Waals surface area contributed by atoms with Crippen molar-refractivity contribution in [3.8, 4) is 0 Å². The Bertz CT molecular complexity index is 408. The predicted molar refractivity (Wildman–Crippen MR) is 74.9 cm³/mol. The molecule has 0 spiro atoms. The molecule has 1 heterocycles. The van der Waals surface area contributed by atoms with Crippen LogP contribution in [-0.4, -0.2) is 55.2 Å². The molecule has 0 atom stereocenters. The summed E-state index contributed by atoms with van der Waals surface area (Å²) in [6.07, 6.45) is 2.85. The second-order valence-corrected chi connectivity index (χ2v) is 8.06. The Morgan fingerprint density at radius 1 is 1.21 bits per heavy atom. The maximum absolute atomic E-state index is 12.3. The predicted octanol–water partition coefficient (Wildman–Crippen LogP) is 0.564. The summed E-state index contributed by atoms with van der Waals surface area (Å²) in [5.41, 5.74) is -0.354. The number of amides is 1. The molecule has 1 fully saturated rings. The highest BCUT2D eigenvalue weighted by Gasteiger charge is 2.29. The zero-order valence-corrected chi connectivity index (χ0v) is 13.1. The van der Waals surface area contributed by atoms with E-state index in [2.05, 4.69) is 5.32 Å². The van der Waals surface area contributed by atoms with Crippen LogP contribution < -0.4 is 5.32 Å². The van der Waals surface area contributed by atoms with Crippen LogP contribution in [0.5, 0.6) is 0 Å². The first kappa shape index (κ1) is 16.4. The second kappa shape index (κ2) is 6.19. The van der Waals surface area contributed by atoms with E-state index in [0.29, 0.717) is 13.1 Å². The molecule has 0 aliphatic carbocycles. The standard InChI is InChI=1S/C12H25N3O3S/c1-12(2,3)13-11(16)10-14(4)19(17,18)15-8-6-5-7-9-15/h5-10H2,1-4H3,(H,13,16). The van der Waals surface area contributed by atoms with Crippen LogP contribution in [0.15, 0.2) is 0 Å². The minimum Gasteiger partial charge on any atom is -0.350 e. The number of nitrogens with one attached hydrogen (secondary N) is 1. The van der Waals surface area contributed by atoms with Crippen LogP contribution in [0.2, 0.25) is 0 Å². The Morgan fingerprint density at radius 3 is 2.21 bits per heavy atom. The van der Waals surface area contributed by atoms with E-state index in [0.717, 1.165) is 23.6 Å². The van der Waals surface area contributed by atoms with E-state index in [4.69, 9.17) is 0 Å². The van der Waals surface area contributed by atoms with E-state index in [-0.39, 0.29) is 18.0 Å².